The fraction of sp³-hybridized carbons (Fsp3) is 0. The maximum absolute atomic E-state index is 5.21. The lowest BCUT2D eigenvalue weighted by molar-refractivity contribution is 1.23. The van der Waals surface area contributed by atoms with Gasteiger partial charge in [-0.15, -0.1) is 11.3 Å². The third kappa shape index (κ3) is 3.43. The van der Waals surface area contributed by atoms with Gasteiger partial charge in [0.05, 0.1) is 11.2 Å². The molecule has 0 aliphatic carbocycles. The van der Waals surface area contributed by atoms with Crippen LogP contribution in [0.4, 0.5) is 0 Å². The Hall–Kier alpha value is -5.12. The lowest BCUT2D eigenvalue weighted by atomic mass is 9.93. The number of thiophene rings is 1. The molecule has 0 aliphatic rings. The van der Waals surface area contributed by atoms with Gasteiger partial charge in [0.15, 0.2) is 5.82 Å². The van der Waals surface area contributed by atoms with Crippen LogP contribution in [0.2, 0.25) is 0 Å². The van der Waals surface area contributed by atoms with Crippen molar-refractivity contribution in [3.63, 3.8) is 0 Å². The molecule has 2 nitrogen and oxygen atoms in total. The first-order chi connectivity index (χ1) is 20.3. The number of benzene rings is 7. The topological polar surface area (TPSA) is 25.8 Å². The fourth-order valence-corrected chi connectivity index (χ4v) is 7.49. The largest absolute Gasteiger partial charge is 0.228 e. The van der Waals surface area contributed by atoms with Crippen LogP contribution in [-0.4, -0.2) is 9.97 Å². The summed E-state index contributed by atoms with van der Waals surface area (Å²) >= 11 is 1.88. The van der Waals surface area contributed by atoms with Gasteiger partial charge in [0.25, 0.3) is 0 Å². The van der Waals surface area contributed by atoms with E-state index < -0.39 is 0 Å². The summed E-state index contributed by atoms with van der Waals surface area (Å²) in [7, 11) is 0. The molecule has 2 aromatic heterocycles. The molecule has 41 heavy (non-hydrogen) atoms. The molecular formula is C38H22N2S. The monoisotopic (exact) mass is 538 g/mol. The number of aromatic nitrogens is 2. The van der Waals surface area contributed by atoms with Gasteiger partial charge < -0.3 is 0 Å². The van der Waals surface area contributed by atoms with Gasteiger partial charge in [0.1, 0.15) is 0 Å². The molecule has 0 atom stereocenters. The van der Waals surface area contributed by atoms with E-state index in [4.69, 9.17) is 9.97 Å². The molecule has 0 saturated heterocycles. The first kappa shape index (κ1) is 22.7. The van der Waals surface area contributed by atoms with Gasteiger partial charge in [0, 0.05) is 36.7 Å². The minimum Gasteiger partial charge on any atom is -0.228 e. The Morgan fingerprint density at radius 1 is 0.390 bits per heavy atom. The summed E-state index contributed by atoms with van der Waals surface area (Å²) < 4.78 is 2.68. The van der Waals surface area contributed by atoms with Crippen LogP contribution in [0, 0.1) is 0 Å². The number of hydrogen-bond acceptors (Lipinski definition) is 3. The lowest BCUT2D eigenvalue weighted by Crippen LogP contribution is -1.95. The maximum Gasteiger partial charge on any atom is 0.160 e. The lowest BCUT2D eigenvalue weighted by Gasteiger charge is -2.12. The standard InChI is InChI=1S/C38H22N2S/c1-2-8-23(9-3-1)24-16-18-25(19-17-24)37-30-10-4-5-13-32(30)39-38(40-37)26-20-21-27-28-11-6-14-33-35(28)36-29(31(27)22-26)12-7-15-34(36)41-33/h1-22H. The van der Waals surface area contributed by atoms with Gasteiger partial charge in [0.2, 0.25) is 0 Å². The molecule has 2 heterocycles. The number of para-hydroxylation sites is 1. The zero-order valence-electron chi connectivity index (χ0n) is 22.0. The smallest absolute Gasteiger partial charge is 0.160 e. The predicted octanol–water partition coefficient (Wildman–Crippen LogP) is 10.7. The Balaban J connectivity index is 1.26. The molecule has 190 valence electrons. The molecule has 0 saturated carbocycles. The Morgan fingerprint density at radius 3 is 1.78 bits per heavy atom. The second kappa shape index (κ2) is 8.69. The maximum atomic E-state index is 5.21. The number of nitrogens with zero attached hydrogens (tertiary/aromatic N) is 2. The van der Waals surface area contributed by atoms with Crippen molar-refractivity contribution in [1.82, 2.24) is 9.97 Å². The zero-order chi connectivity index (χ0) is 26.9. The van der Waals surface area contributed by atoms with E-state index in [9.17, 15) is 0 Å². The van der Waals surface area contributed by atoms with Crippen molar-refractivity contribution in [3.05, 3.63) is 133 Å². The molecular weight excluding hydrogens is 516 g/mol. The summed E-state index contributed by atoms with van der Waals surface area (Å²) in [6, 6.07) is 47.6. The van der Waals surface area contributed by atoms with E-state index in [-0.39, 0.29) is 0 Å². The van der Waals surface area contributed by atoms with Gasteiger partial charge in [-0.3, -0.25) is 0 Å². The summed E-state index contributed by atoms with van der Waals surface area (Å²) in [5, 5.41) is 8.93. The molecule has 3 heteroatoms. The van der Waals surface area contributed by atoms with Gasteiger partial charge in [-0.25, -0.2) is 9.97 Å². The molecule has 0 spiro atoms. The van der Waals surface area contributed by atoms with Crippen LogP contribution in [0.5, 0.6) is 0 Å². The van der Waals surface area contributed by atoms with E-state index in [2.05, 4.69) is 121 Å². The van der Waals surface area contributed by atoms with Gasteiger partial charge in [-0.1, -0.05) is 109 Å². The van der Waals surface area contributed by atoms with E-state index in [0.717, 1.165) is 33.5 Å². The van der Waals surface area contributed by atoms with E-state index in [1.165, 1.54) is 52.8 Å². The Labute approximate surface area is 240 Å². The quantitative estimate of drug-likeness (QED) is 0.209. The van der Waals surface area contributed by atoms with E-state index >= 15 is 0 Å². The van der Waals surface area contributed by atoms with Crippen LogP contribution in [0.15, 0.2) is 133 Å². The third-order valence-electron chi connectivity index (χ3n) is 8.25. The summed E-state index contributed by atoms with van der Waals surface area (Å²) in [5.41, 5.74) is 6.42. The Morgan fingerprint density at radius 2 is 1.00 bits per heavy atom. The van der Waals surface area contributed by atoms with Crippen LogP contribution >= 0.6 is 11.3 Å². The molecule has 0 bridgehead atoms. The molecule has 9 rings (SSSR count). The molecule has 0 fully saturated rings. The zero-order valence-corrected chi connectivity index (χ0v) is 22.8. The second-order valence-electron chi connectivity index (χ2n) is 10.6. The minimum atomic E-state index is 0.745. The van der Waals surface area contributed by atoms with Crippen molar-refractivity contribution in [2.45, 2.75) is 0 Å². The number of fused-ring (bicyclic) bond motifs is 4. The van der Waals surface area contributed by atoms with E-state index in [1.54, 1.807) is 0 Å². The van der Waals surface area contributed by atoms with Gasteiger partial charge >= 0.3 is 0 Å². The molecule has 9 aromatic rings. The van der Waals surface area contributed by atoms with Crippen LogP contribution in [-0.2, 0) is 0 Å². The fourth-order valence-electron chi connectivity index (χ4n) is 6.33. The summed E-state index contributed by atoms with van der Waals surface area (Å²) in [6.07, 6.45) is 0. The predicted molar refractivity (Wildman–Crippen MR) is 175 cm³/mol. The van der Waals surface area contributed by atoms with E-state index in [1.807, 2.05) is 23.5 Å². The summed E-state index contributed by atoms with van der Waals surface area (Å²) in [5.74, 6) is 0.745. The molecule has 0 unspecified atom stereocenters. The molecule has 0 radical (unpaired) electrons. The third-order valence-corrected chi connectivity index (χ3v) is 9.37. The molecule has 0 aliphatic heterocycles. The summed E-state index contributed by atoms with van der Waals surface area (Å²) in [4.78, 5) is 10.3. The van der Waals surface area contributed by atoms with Crippen LogP contribution in [0.1, 0.15) is 0 Å². The SMILES string of the molecule is c1ccc(-c2ccc(-c3nc(-c4ccc5c(c4)c4cccc6sc7cccc5c7c64)nc4ccccc34)cc2)cc1. The summed E-state index contributed by atoms with van der Waals surface area (Å²) in [6.45, 7) is 0. The van der Waals surface area contributed by atoms with Gasteiger partial charge in [-0.05, 0) is 56.9 Å². The van der Waals surface area contributed by atoms with Crippen molar-refractivity contribution in [2.75, 3.05) is 0 Å². The average molecular weight is 539 g/mol. The Kier molecular flexibility index (Phi) is 4.80. The highest BCUT2D eigenvalue weighted by Crippen LogP contribution is 2.45. The van der Waals surface area contributed by atoms with Crippen molar-refractivity contribution in [1.29, 1.82) is 0 Å². The van der Waals surface area contributed by atoms with Crippen molar-refractivity contribution in [2.24, 2.45) is 0 Å². The Bertz CT molecular complexity index is 2400. The first-order valence-electron chi connectivity index (χ1n) is 13.8. The molecule has 7 aromatic carbocycles. The van der Waals surface area contributed by atoms with Crippen molar-refractivity contribution < 1.29 is 0 Å². The second-order valence-corrected chi connectivity index (χ2v) is 11.7. The van der Waals surface area contributed by atoms with Crippen LogP contribution in [0.3, 0.4) is 0 Å². The highest BCUT2D eigenvalue weighted by Gasteiger charge is 2.17. The molecule has 0 N–H and O–H groups in total. The first-order valence-corrected chi connectivity index (χ1v) is 14.7. The van der Waals surface area contributed by atoms with Crippen LogP contribution in [0.25, 0.3) is 86.4 Å². The number of hydrogen-bond donors (Lipinski definition) is 0. The minimum absolute atomic E-state index is 0.745. The van der Waals surface area contributed by atoms with Crippen LogP contribution < -0.4 is 0 Å². The normalized spacial score (nSPS) is 11.9. The van der Waals surface area contributed by atoms with Gasteiger partial charge in [-0.2, -0.15) is 0 Å². The molecule has 0 amide bonds. The number of rotatable bonds is 3. The highest BCUT2D eigenvalue weighted by atomic mass is 32.1. The highest BCUT2D eigenvalue weighted by molar-refractivity contribution is 7.26. The van der Waals surface area contributed by atoms with Crippen molar-refractivity contribution in [3.8, 4) is 33.8 Å². The average Bonchev–Trinajstić information content (AvgIpc) is 3.44. The van der Waals surface area contributed by atoms with Crippen molar-refractivity contribution >= 4 is 64.0 Å². The van der Waals surface area contributed by atoms with E-state index in [0.29, 0.717) is 0 Å².